The second-order valence-electron chi connectivity index (χ2n) is 3.34. The summed E-state index contributed by atoms with van der Waals surface area (Å²) in [6.45, 7) is 3.87. The number of nitrogens with one attached hydrogen (secondary N) is 2. The highest BCUT2D eigenvalue weighted by atomic mass is 16.5. The highest BCUT2D eigenvalue weighted by molar-refractivity contribution is 5.78. The van der Waals surface area contributed by atoms with E-state index in [1.807, 2.05) is 6.92 Å². The molecule has 0 aliphatic carbocycles. The minimum atomic E-state index is -0.160. The zero-order chi connectivity index (χ0) is 12.4. The van der Waals surface area contributed by atoms with Crippen LogP contribution in [-0.2, 0) is 9.53 Å². The van der Waals surface area contributed by atoms with E-state index in [0.717, 1.165) is 0 Å². The molecule has 0 aliphatic heterocycles. The lowest BCUT2D eigenvalue weighted by Crippen LogP contribution is -2.39. The molecule has 6 nitrogen and oxygen atoms in total. The van der Waals surface area contributed by atoms with Crippen molar-refractivity contribution in [2.24, 2.45) is 0 Å². The van der Waals surface area contributed by atoms with Gasteiger partial charge in [0.15, 0.2) is 0 Å². The third kappa shape index (κ3) is 7.05. The summed E-state index contributed by atoms with van der Waals surface area (Å²) in [4.78, 5) is 24.0. The van der Waals surface area contributed by atoms with Crippen LogP contribution >= 0.6 is 0 Å². The number of hydrogen-bond acceptors (Lipinski definition) is 3. The Morgan fingerprint density at radius 1 is 1.25 bits per heavy atom. The number of carbonyl (C=O) groups is 2. The summed E-state index contributed by atoms with van der Waals surface area (Å²) in [6, 6.07) is -0.160. The average molecular weight is 231 g/mol. The number of hydrogen-bond donors (Lipinski definition) is 2. The van der Waals surface area contributed by atoms with Crippen LogP contribution in [-0.4, -0.2) is 57.2 Å². The number of amides is 3. The Morgan fingerprint density at radius 3 is 2.50 bits per heavy atom. The summed E-state index contributed by atoms with van der Waals surface area (Å²) in [5, 5.41) is 5.32. The van der Waals surface area contributed by atoms with E-state index in [2.05, 4.69) is 10.6 Å². The topological polar surface area (TPSA) is 70.7 Å². The van der Waals surface area contributed by atoms with E-state index in [1.165, 1.54) is 0 Å². The van der Waals surface area contributed by atoms with Gasteiger partial charge in [-0.25, -0.2) is 4.79 Å². The largest absolute Gasteiger partial charge is 0.383 e. The van der Waals surface area contributed by atoms with E-state index in [-0.39, 0.29) is 18.4 Å². The first-order chi connectivity index (χ1) is 7.61. The molecule has 16 heavy (non-hydrogen) atoms. The number of rotatable bonds is 7. The van der Waals surface area contributed by atoms with Crippen LogP contribution < -0.4 is 10.6 Å². The summed E-state index contributed by atoms with van der Waals surface area (Å²) in [6.07, 6.45) is 0.285. The van der Waals surface area contributed by atoms with Gasteiger partial charge in [-0.3, -0.25) is 4.79 Å². The van der Waals surface area contributed by atoms with Crippen LogP contribution in [0.1, 0.15) is 13.3 Å². The van der Waals surface area contributed by atoms with Gasteiger partial charge in [0.2, 0.25) is 5.91 Å². The fourth-order valence-corrected chi connectivity index (χ4v) is 0.942. The van der Waals surface area contributed by atoms with Gasteiger partial charge in [0.1, 0.15) is 0 Å². The normalized spacial score (nSPS) is 9.69. The Labute approximate surface area is 96.3 Å². The monoisotopic (exact) mass is 231 g/mol. The molecule has 0 bridgehead atoms. The molecule has 6 heteroatoms. The van der Waals surface area contributed by atoms with Crippen LogP contribution in [0.25, 0.3) is 0 Å². The number of methoxy groups -OCH3 is 1. The van der Waals surface area contributed by atoms with Crippen molar-refractivity contribution in [1.82, 2.24) is 15.5 Å². The zero-order valence-corrected chi connectivity index (χ0v) is 10.2. The van der Waals surface area contributed by atoms with Crippen molar-refractivity contribution in [3.05, 3.63) is 0 Å². The minimum Gasteiger partial charge on any atom is -0.383 e. The smallest absolute Gasteiger partial charge is 0.317 e. The molecule has 0 atom stereocenters. The van der Waals surface area contributed by atoms with Gasteiger partial charge in [-0.1, -0.05) is 0 Å². The third-order valence-corrected chi connectivity index (χ3v) is 2.08. The van der Waals surface area contributed by atoms with Crippen molar-refractivity contribution >= 4 is 11.9 Å². The highest BCUT2D eigenvalue weighted by Gasteiger charge is 2.06. The second kappa shape index (κ2) is 8.96. The van der Waals surface area contributed by atoms with Crippen LogP contribution in [0.2, 0.25) is 0 Å². The third-order valence-electron chi connectivity index (χ3n) is 2.08. The molecule has 3 amide bonds. The molecule has 0 radical (unpaired) electrons. The van der Waals surface area contributed by atoms with Gasteiger partial charge in [-0.2, -0.15) is 0 Å². The Hall–Kier alpha value is -1.30. The van der Waals surface area contributed by atoms with Gasteiger partial charge >= 0.3 is 6.03 Å². The van der Waals surface area contributed by atoms with E-state index in [4.69, 9.17) is 4.74 Å². The van der Waals surface area contributed by atoms with Crippen molar-refractivity contribution in [2.45, 2.75) is 13.3 Å². The van der Waals surface area contributed by atoms with E-state index in [9.17, 15) is 9.59 Å². The zero-order valence-electron chi connectivity index (χ0n) is 10.2. The molecule has 0 fully saturated rings. The van der Waals surface area contributed by atoms with Crippen LogP contribution in [0, 0.1) is 0 Å². The summed E-state index contributed by atoms with van der Waals surface area (Å²) in [5.41, 5.74) is 0. The first-order valence-electron chi connectivity index (χ1n) is 5.36. The van der Waals surface area contributed by atoms with Crippen molar-refractivity contribution in [1.29, 1.82) is 0 Å². The first-order valence-corrected chi connectivity index (χ1v) is 5.36. The number of carbonyl (C=O) groups excluding carboxylic acids is 2. The molecule has 0 spiro atoms. The minimum absolute atomic E-state index is 0.0866. The SMILES string of the molecule is CCN(C)C(=O)NCCC(=O)NCCOC. The van der Waals surface area contributed by atoms with Crippen LogP contribution in [0.4, 0.5) is 4.79 Å². The van der Waals surface area contributed by atoms with Crippen molar-refractivity contribution in [2.75, 3.05) is 40.4 Å². The molecule has 0 saturated carbocycles. The molecular weight excluding hydrogens is 210 g/mol. The highest BCUT2D eigenvalue weighted by Crippen LogP contribution is 1.84. The summed E-state index contributed by atoms with van der Waals surface area (Å²) in [7, 11) is 3.28. The fourth-order valence-electron chi connectivity index (χ4n) is 0.942. The van der Waals surface area contributed by atoms with Crippen molar-refractivity contribution in [3.63, 3.8) is 0 Å². The predicted octanol–water partition coefficient (Wildman–Crippen LogP) is -0.200. The maximum absolute atomic E-state index is 11.3. The van der Waals surface area contributed by atoms with Gasteiger partial charge in [-0.15, -0.1) is 0 Å². The molecule has 0 aromatic heterocycles. The van der Waals surface area contributed by atoms with Gasteiger partial charge in [0.05, 0.1) is 6.61 Å². The molecule has 0 rings (SSSR count). The van der Waals surface area contributed by atoms with Crippen LogP contribution in [0.15, 0.2) is 0 Å². The molecule has 0 aromatic rings. The van der Waals surface area contributed by atoms with Gasteiger partial charge in [0, 0.05) is 40.2 Å². The van der Waals surface area contributed by atoms with Crippen LogP contribution in [0.5, 0.6) is 0 Å². The number of nitrogens with zero attached hydrogens (tertiary/aromatic N) is 1. The van der Waals surface area contributed by atoms with Gasteiger partial charge in [-0.05, 0) is 6.92 Å². The van der Waals surface area contributed by atoms with Gasteiger partial charge < -0.3 is 20.3 Å². The molecule has 0 aliphatic rings. The predicted molar refractivity (Wildman–Crippen MR) is 61.2 cm³/mol. The molecule has 0 heterocycles. The van der Waals surface area contributed by atoms with E-state index in [1.54, 1.807) is 19.1 Å². The number of urea groups is 1. The summed E-state index contributed by atoms with van der Waals surface area (Å²) in [5.74, 6) is -0.0866. The molecule has 94 valence electrons. The Kier molecular flexibility index (Phi) is 8.24. The fraction of sp³-hybridized carbons (Fsp3) is 0.800. The van der Waals surface area contributed by atoms with Crippen molar-refractivity contribution < 1.29 is 14.3 Å². The Morgan fingerprint density at radius 2 is 1.94 bits per heavy atom. The van der Waals surface area contributed by atoms with E-state index >= 15 is 0 Å². The molecule has 2 N–H and O–H groups in total. The lowest BCUT2D eigenvalue weighted by Gasteiger charge is -2.15. The molecular formula is C10H21N3O3. The Bertz CT molecular complexity index is 221. The quantitative estimate of drug-likeness (QED) is 0.596. The number of ether oxygens (including phenoxy) is 1. The summed E-state index contributed by atoms with van der Waals surface area (Å²) < 4.78 is 4.79. The maximum Gasteiger partial charge on any atom is 0.317 e. The van der Waals surface area contributed by atoms with Gasteiger partial charge in [0.25, 0.3) is 0 Å². The average Bonchev–Trinajstić information content (AvgIpc) is 2.28. The maximum atomic E-state index is 11.3. The van der Waals surface area contributed by atoms with Crippen molar-refractivity contribution in [3.8, 4) is 0 Å². The molecule has 0 unspecified atom stereocenters. The molecule has 0 aromatic carbocycles. The van der Waals surface area contributed by atoms with E-state index in [0.29, 0.717) is 26.2 Å². The summed E-state index contributed by atoms with van der Waals surface area (Å²) >= 11 is 0. The standard InChI is InChI=1S/C10H21N3O3/c1-4-13(2)10(15)12-6-5-9(14)11-7-8-16-3/h4-8H2,1-3H3,(H,11,14)(H,12,15). The second-order valence-corrected chi connectivity index (χ2v) is 3.34. The first kappa shape index (κ1) is 14.7. The lowest BCUT2D eigenvalue weighted by atomic mass is 10.4. The Balaban J connectivity index is 3.50. The molecule has 0 saturated heterocycles. The lowest BCUT2D eigenvalue weighted by molar-refractivity contribution is -0.121. The van der Waals surface area contributed by atoms with Crippen LogP contribution in [0.3, 0.4) is 0 Å². The van der Waals surface area contributed by atoms with E-state index < -0.39 is 0 Å².